The second kappa shape index (κ2) is 9.27. The highest BCUT2D eigenvalue weighted by Crippen LogP contribution is 2.14. The molecule has 0 aromatic heterocycles. The lowest BCUT2D eigenvalue weighted by Gasteiger charge is -2.25. The van der Waals surface area contributed by atoms with Crippen LogP contribution in [-0.2, 0) is 14.3 Å². The number of carbonyl (C=O) groups excluding carboxylic acids is 2. The molecule has 1 aromatic rings. The van der Waals surface area contributed by atoms with Crippen molar-refractivity contribution in [3.8, 4) is 0 Å². The van der Waals surface area contributed by atoms with Crippen molar-refractivity contribution in [2.75, 3.05) is 13.7 Å². The maximum atomic E-state index is 12.1. The smallest absolute Gasteiger partial charge is 0.408 e. The molecule has 0 aliphatic carbocycles. The van der Waals surface area contributed by atoms with Crippen LogP contribution in [0.4, 0.5) is 4.79 Å². The van der Waals surface area contributed by atoms with E-state index in [-0.39, 0.29) is 12.0 Å². The Morgan fingerprint density at radius 2 is 1.79 bits per heavy atom. The number of benzene rings is 1. The second-order valence-corrected chi connectivity index (χ2v) is 6.50. The predicted octanol–water partition coefficient (Wildman–Crippen LogP) is 2.79. The van der Waals surface area contributed by atoms with Crippen molar-refractivity contribution in [3.05, 3.63) is 35.9 Å². The Labute approximate surface area is 143 Å². The Morgan fingerprint density at radius 3 is 2.29 bits per heavy atom. The molecule has 0 aliphatic heterocycles. The zero-order valence-electron chi connectivity index (χ0n) is 15.1. The van der Waals surface area contributed by atoms with Crippen molar-refractivity contribution in [3.63, 3.8) is 0 Å². The lowest BCUT2D eigenvalue weighted by atomic mass is 10.1. The third-order valence-corrected chi connectivity index (χ3v) is 3.36. The van der Waals surface area contributed by atoms with Crippen LogP contribution in [0.2, 0.25) is 0 Å². The molecule has 0 heterocycles. The van der Waals surface area contributed by atoms with E-state index >= 15 is 0 Å². The molecule has 0 aliphatic rings. The van der Waals surface area contributed by atoms with Crippen LogP contribution in [0.5, 0.6) is 0 Å². The molecule has 0 fully saturated rings. The molecule has 0 bridgehead atoms. The van der Waals surface area contributed by atoms with Crippen LogP contribution in [-0.4, -0.2) is 37.4 Å². The van der Waals surface area contributed by atoms with Gasteiger partial charge in [0.1, 0.15) is 11.6 Å². The van der Waals surface area contributed by atoms with Crippen molar-refractivity contribution in [1.29, 1.82) is 0 Å². The third kappa shape index (κ3) is 7.00. The summed E-state index contributed by atoms with van der Waals surface area (Å²) in [6.45, 7) is 7.72. The number of carbonyl (C=O) groups is 2. The molecule has 6 heteroatoms. The van der Waals surface area contributed by atoms with Crippen LogP contribution in [0.25, 0.3) is 0 Å². The maximum absolute atomic E-state index is 12.1. The predicted molar refractivity (Wildman–Crippen MR) is 92.7 cm³/mol. The average molecular weight is 336 g/mol. The fourth-order valence-electron chi connectivity index (χ4n) is 2.18. The molecule has 1 aromatic carbocycles. The minimum Gasteiger partial charge on any atom is -0.468 e. The third-order valence-electron chi connectivity index (χ3n) is 3.36. The Balaban J connectivity index is 2.79. The quantitative estimate of drug-likeness (QED) is 0.749. The normalized spacial score (nSPS) is 13.7. The van der Waals surface area contributed by atoms with Crippen molar-refractivity contribution >= 4 is 12.1 Å². The lowest BCUT2D eigenvalue weighted by Crippen LogP contribution is -2.44. The number of hydrogen-bond donors (Lipinski definition) is 2. The van der Waals surface area contributed by atoms with Gasteiger partial charge >= 0.3 is 12.1 Å². The van der Waals surface area contributed by atoms with Crippen molar-refractivity contribution in [2.45, 2.75) is 51.8 Å². The average Bonchev–Trinajstić information content (AvgIpc) is 2.53. The second-order valence-electron chi connectivity index (χ2n) is 6.50. The lowest BCUT2D eigenvalue weighted by molar-refractivity contribution is -0.143. The van der Waals surface area contributed by atoms with Gasteiger partial charge in [-0.25, -0.2) is 4.79 Å². The van der Waals surface area contributed by atoms with Gasteiger partial charge in [0, 0.05) is 6.54 Å². The summed E-state index contributed by atoms with van der Waals surface area (Å²) >= 11 is 0. The number of amides is 1. The Hall–Kier alpha value is -2.08. The highest BCUT2D eigenvalue weighted by molar-refractivity contribution is 5.75. The Bertz CT molecular complexity index is 526. The minimum atomic E-state index is -0.573. The first kappa shape index (κ1) is 20.0. The molecule has 2 atom stereocenters. The Morgan fingerprint density at radius 1 is 1.17 bits per heavy atom. The number of ether oxygens (including phenoxy) is 2. The summed E-state index contributed by atoms with van der Waals surface area (Å²) in [4.78, 5) is 23.8. The Kier molecular flexibility index (Phi) is 7.71. The van der Waals surface area contributed by atoms with Crippen LogP contribution in [0.3, 0.4) is 0 Å². The van der Waals surface area contributed by atoms with E-state index in [0.717, 1.165) is 5.56 Å². The molecule has 6 nitrogen and oxygen atoms in total. The maximum Gasteiger partial charge on any atom is 0.408 e. The fourth-order valence-corrected chi connectivity index (χ4v) is 2.18. The summed E-state index contributed by atoms with van der Waals surface area (Å²) in [5.74, 6) is -0.318. The molecule has 1 amide bonds. The molecule has 2 unspecified atom stereocenters. The van der Waals surface area contributed by atoms with Gasteiger partial charge in [-0.15, -0.1) is 0 Å². The molecule has 0 saturated heterocycles. The number of hydrogen-bond acceptors (Lipinski definition) is 5. The van der Waals surface area contributed by atoms with E-state index in [1.807, 2.05) is 58.0 Å². The van der Waals surface area contributed by atoms with Gasteiger partial charge in [-0.3, -0.25) is 4.79 Å². The van der Waals surface area contributed by atoms with Crippen LogP contribution in [0.1, 0.15) is 45.7 Å². The fraction of sp³-hybridized carbons (Fsp3) is 0.556. The molecular formula is C18H28N2O4. The van der Waals surface area contributed by atoms with Crippen molar-refractivity contribution in [2.24, 2.45) is 0 Å². The van der Waals surface area contributed by atoms with Gasteiger partial charge in [0.15, 0.2) is 0 Å². The van der Waals surface area contributed by atoms with Gasteiger partial charge in [-0.05, 0) is 32.8 Å². The highest BCUT2D eigenvalue weighted by Gasteiger charge is 2.23. The van der Waals surface area contributed by atoms with E-state index in [1.54, 1.807) is 0 Å². The van der Waals surface area contributed by atoms with Crippen LogP contribution in [0, 0.1) is 0 Å². The molecule has 134 valence electrons. The van der Waals surface area contributed by atoms with E-state index in [4.69, 9.17) is 9.47 Å². The topological polar surface area (TPSA) is 76.7 Å². The number of esters is 1. The molecule has 0 radical (unpaired) electrons. The van der Waals surface area contributed by atoms with Crippen LogP contribution >= 0.6 is 0 Å². The van der Waals surface area contributed by atoms with E-state index in [2.05, 4.69) is 10.6 Å². The first-order valence-electron chi connectivity index (χ1n) is 8.12. The zero-order chi connectivity index (χ0) is 18.2. The first-order chi connectivity index (χ1) is 11.3. The van der Waals surface area contributed by atoms with E-state index in [1.165, 1.54) is 7.11 Å². The standard InChI is InChI=1S/C18H28N2O4/c1-6-14(16(21)23-5)19-12-15(13-10-8-7-9-11-13)20-17(22)24-18(2,3)4/h7-11,14-15,19H,6,12H2,1-5H3,(H,20,22). The number of rotatable bonds is 7. The van der Waals surface area contributed by atoms with Gasteiger partial charge in [0.2, 0.25) is 0 Å². The zero-order valence-corrected chi connectivity index (χ0v) is 15.1. The molecule has 24 heavy (non-hydrogen) atoms. The summed E-state index contributed by atoms with van der Waals surface area (Å²) < 4.78 is 10.1. The largest absolute Gasteiger partial charge is 0.468 e. The van der Waals surface area contributed by atoms with E-state index in [0.29, 0.717) is 13.0 Å². The van der Waals surface area contributed by atoms with E-state index in [9.17, 15) is 9.59 Å². The van der Waals surface area contributed by atoms with Crippen molar-refractivity contribution in [1.82, 2.24) is 10.6 Å². The van der Waals surface area contributed by atoms with Gasteiger partial charge in [-0.1, -0.05) is 37.3 Å². The summed E-state index contributed by atoms with van der Waals surface area (Å²) in [7, 11) is 1.36. The summed E-state index contributed by atoms with van der Waals surface area (Å²) in [5.41, 5.74) is 0.354. The molecule has 1 rings (SSSR count). The molecular weight excluding hydrogens is 308 g/mol. The minimum absolute atomic E-state index is 0.318. The van der Waals surface area contributed by atoms with E-state index < -0.39 is 17.7 Å². The van der Waals surface area contributed by atoms with Gasteiger partial charge in [0.25, 0.3) is 0 Å². The van der Waals surface area contributed by atoms with Crippen molar-refractivity contribution < 1.29 is 19.1 Å². The summed E-state index contributed by atoms with van der Waals surface area (Å²) in [6.07, 6.45) is 0.102. The molecule has 2 N–H and O–H groups in total. The summed E-state index contributed by atoms with van der Waals surface area (Å²) in [5, 5.41) is 5.99. The van der Waals surface area contributed by atoms with Gasteiger partial charge in [0.05, 0.1) is 13.2 Å². The number of methoxy groups -OCH3 is 1. The monoisotopic (exact) mass is 336 g/mol. The van der Waals surface area contributed by atoms with Gasteiger partial charge in [-0.2, -0.15) is 0 Å². The van der Waals surface area contributed by atoms with Crippen LogP contribution in [0.15, 0.2) is 30.3 Å². The summed E-state index contributed by atoms with van der Waals surface area (Å²) in [6, 6.07) is 8.81. The SMILES string of the molecule is CCC(NCC(NC(=O)OC(C)(C)C)c1ccccc1)C(=O)OC. The van der Waals surface area contributed by atoms with Gasteiger partial charge < -0.3 is 20.1 Å². The van der Waals surface area contributed by atoms with Crippen LogP contribution < -0.4 is 10.6 Å². The molecule has 0 spiro atoms. The number of nitrogens with one attached hydrogen (secondary N) is 2. The number of alkyl carbamates (subject to hydrolysis) is 1. The molecule has 0 saturated carbocycles. The first-order valence-corrected chi connectivity index (χ1v) is 8.12. The highest BCUT2D eigenvalue weighted by atomic mass is 16.6.